The molecule has 0 aliphatic carbocycles. The fourth-order valence-corrected chi connectivity index (χ4v) is 4.16. The monoisotopic (exact) mass is 406 g/mol. The van der Waals surface area contributed by atoms with Crippen LogP contribution in [0.3, 0.4) is 0 Å². The number of hydrogen-bond acceptors (Lipinski definition) is 4. The van der Waals surface area contributed by atoms with Gasteiger partial charge in [-0.3, -0.25) is 4.79 Å². The van der Waals surface area contributed by atoms with Crippen LogP contribution in [0.1, 0.15) is 25.0 Å². The van der Waals surface area contributed by atoms with E-state index in [1.807, 2.05) is 37.4 Å². The van der Waals surface area contributed by atoms with Crippen LogP contribution in [0.25, 0.3) is 0 Å². The molecule has 0 fully saturated rings. The second-order valence-corrected chi connectivity index (χ2v) is 9.65. The predicted octanol–water partition coefficient (Wildman–Crippen LogP) is 4.13. The van der Waals surface area contributed by atoms with Gasteiger partial charge in [0.15, 0.2) is 0 Å². The zero-order valence-corrected chi connectivity index (χ0v) is 17.9. The number of anilines is 1. The summed E-state index contributed by atoms with van der Waals surface area (Å²) in [5.74, 6) is -0.336. The number of rotatable bonds is 7. The van der Waals surface area contributed by atoms with Gasteiger partial charge < -0.3 is 5.32 Å². The number of carbonyl (C=O) groups excluding carboxylic acids is 1. The van der Waals surface area contributed by atoms with Gasteiger partial charge in [0.2, 0.25) is 15.9 Å². The first-order valence-electron chi connectivity index (χ1n) is 8.66. The average molecular weight is 407 g/mol. The minimum Gasteiger partial charge on any atom is -0.325 e. The summed E-state index contributed by atoms with van der Waals surface area (Å²) in [4.78, 5) is 13.0. The van der Waals surface area contributed by atoms with Gasteiger partial charge >= 0.3 is 0 Å². The summed E-state index contributed by atoms with van der Waals surface area (Å²) in [7, 11) is -2.12. The SMILES string of the molecule is CSc1ccc(S(=O)(=O)N(C)Cc2ccc(C)cc2)cc1NC(=O)C(C)C. The van der Waals surface area contributed by atoms with Crippen LogP contribution < -0.4 is 5.32 Å². The number of aryl methyl sites for hydroxylation is 1. The first-order valence-corrected chi connectivity index (χ1v) is 11.3. The highest BCUT2D eigenvalue weighted by atomic mass is 32.2. The van der Waals surface area contributed by atoms with Crippen molar-refractivity contribution in [2.75, 3.05) is 18.6 Å². The highest BCUT2D eigenvalue weighted by Gasteiger charge is 2.23. The standard InChI is InChI=1S/C20H26N2O3S2/c1-14(2)20(23)21-18-12-17(10-11-19(18)26-5)27(24,25)22(4)13-16-8-6-15(3)7-9-16/h6-12,14H,13H2,1-5H3,(H,21,23). The maximum Gasteiger partial charge on any atom is 0.243 e. The smallest absolute Gasteiger partial charge is 0.243 e. The quantitative estimate of drug-likeness (QED) is 0.702. The summed E-state index contributed by atoms with van der Waals surface area (Å²) in [5, 5.41) is 2.83. The second-order valence-electron chi connectivity index (χ2n) is 6.75. The molecule has 0 aliphatic rings. The fourth-order valence-electron chi connectivity index (χ4n) is 2.44. The van der Waals surface area contributed by atoms with Crippen molar-refractivity contribution in [3.05, 3.63) is 53.6 Å². The van der Waals surface area contributed by atoms with E-state index in [0.717, 1.165) is 16.0 Å². The Morgan fingerprint density at radius 2 is 1.78 bits per heavy atom. The molecule has 1 amide bonds. The molecule has 0 radical (unpaired) electrons. The molecular weight excluding hydrogens is 380 g/mol. The molecule has 0 atom stereocenters. The number of hydrogen-bond donors (Lipinski definition) is 1. The van der Waals surface area contributed by atoms with Gasteiger partial charge in [-0.25, -0.2) is 8.42 Å². The lowest BCUT2D eigenvalue weighted by Gasteiger charge is -2.19. The Morgan fingerprint density at radius 1 is 1.15 bits per heavy atom. The second kappa shape index (κ2) is 8.91. The highest BCUT2D eigenvalue weighted by Crippen LogP contribution is 2.30. The van der Waals surface area contributed by atoms with Gasteiger partial charge in [0.1, 0.15) is 0 Å². The molecule has 7 heteroatoms. The van der Waals surface area contributed by atoms with Crippen molar-refractivity contribution in [1.82, 2.24) is 4.31 Å². The van der Waals surface area contributed by atoms with Crippen molar-refractivity contribution >= 4 is 33.4 Å². The molecule has 0 unspecified atom stereocenters. The number of nitrogens with one attached hydrogen (secondary N) is 1. The molecule has 2 aromatic carbocycles. The van der Waals surface area contributed by atoms with Crippen LogP contribution in [-0.4, -0.2) is 31.9 Å². The topological polar surface area (TPSA) is 66.5 Å². The first-order chi connectivity index (χ1) is 12.6. The molecule has 2 aromatic rings. The van der Waals surface area contributed by atoms with Crippen molar-refractivity contribution < 1.29 is 13.2 Å². The lowest BCUT2D eigenvalue weighted by Crippen LogP contribution is -2.27. The molecule has 5 nitrogen and oxygen atoms in total. The lowest BCUT2D eigenvalue weighted by molar-refractivity contribution is -0.118. The average Bonchev–Trinajstić information content (AvgIpc) is 2.63. The summed E-state index contributed by atoms with van der Waals surface area (Å²) < 4.78 is 27.3. The van der Waals surface area contributed by atoms with Crippen LogP contribution in [0.5, 0.6) is 0 Å². The predicted molar refractivity (Wildman–Crippen MR) is 112 cm³/mol. The van der Waals surface area contributed by atoms with Gasteiger partial charge in [-0.2, -0.15) is 4.31 Å². The Balaban J connectivity index is 2.31. The zero-order chi connectivity index (χ0) is 20.2. The van der Waals surface area contributed by atoms with E-state index in [-0.39, 0.29) is 23.3 Å². The number of nitrogens with zero attached hydrogens (tertiary/aromatic N) is 1. The van der Waals surface area contributed by atoms with E-state index in [1.54, 1.807) is 33.0 Å². The Labute approximate surface area is 166 Å². The minimum atomic E-state index is -3.68. The van der Waals surface area contributed by atoms with Crippen LogP contribution in [0.4, 0.5) is 5.69 Å². The summed E-state index contributed by atoms with van der Waals surface area (Å²) in [6.45, 7) is 5.86. The number of amides is 1. The van der Waals surface area contributed by atoms with E-state index >= 15 is 0 Å². The van der Waals surface area contributed by atoms with Crippen LogP contribution in [0.2, 0.25) is 0 Å². The van der Waals surface area contributed by atoms with Gasteiger partial charge in [-0.05, 0) is 36.9 Å². The minimum absolute atomic E-state index is 0.146. The molecular formula is C20H26N2O3S2. The molecule has 0 bridgehead atoms. The molecule has 0 aliphatic heterocycles. The molecule has 0 heterocycles. The van der Waals surface area contributed by atoms with E-state index in [9.17, 15) is 13.2 Å². The molecule has 0 spiro atoms. The molecule has 0 saturated carbocycles. The van der Waals surface area contributed by atoms with Gasteiger partial charge in [0, 0.05) is 24.4 Å². The molecule has 0 saturated heterocycles. The molecule has 1 N–H and O–H groups in total. The number of thioether (sulfide) groups is 1. The van der Waals surface area contributed by atoms with E-state index in [4.69, 9.17) is 0 Å². The third-order valence-corrected chi connectivity index (χ3v) is 6.78. The van der Waals surface area contributed by atoms with E-state index in [0.29, 0.717) is 5.69 Å². The van der Waals surface area contributed by atoms with Crippen LogP contribution in [0.15, 0.2) is 52.3 Å². The van der Waals surface area contributed by atoms with Gasteiger partial charge in [0.25, 0.3) is 0 Å². The Morgan fingerprint density at radius 3 is 2.33 bits per heavy atom. The number of sulfonamides is 1. The van der Waals surface area contributed by atoms with Crippen LogP contribution in [-0.2, 0) is 21.4 Å². The largest absolute Gasteiger partial charge is 0.325 e. The Kier molecular flexibility index (Phi) is 7.08. The van der Waals surface area contributed by atoms with Crippen LogP contribution in [0, 0.1) is 12.8 Å². The first kappa shape index (κ1) is 21.5. The van der Waals surface area contributed by atoms with Gasteiger partial charge in [0.05, 0.1) is 10.6 Å². The fraction of sp³-hybridized carbons (Fsp3) is 0.350. The maximum absolute atomic E-state index is 13.0. The molecule has 2 rings (SSSR count). The van der Waals surface area contributed by atoms with Crippen molar-refractivity contribution in [3.8, 4) is 0 Å². The summed E-state index contributed by atoms with van der Waals surface area (Å²) >= 11 is 1.46. The molecule has 0 aromatic heterocycles. The summed E-state index contributed by atoms with van der Waals surface area (Å²) in [6.07, 6.45) is 1.89. The number of carbonyl (C=O) groups is 1. The van der Waals surface area contributed by atoms with Crippen molar-refractivity contribution in [3.63, 3.8) is 0 Å². The van der Waals surface area contributed by atoms with Crippen molar-refractivity contribution in [1.29, 1.82) is 0 Å². The zero-order valence-electron chi connectivity index (χ0n) is 16.3. The number of benzene rings is 2. The molecule has 27 heavy (non-hydrogen) atoms. The van der Waals surface area contributed by atoms with E-state index in [2.05, 4.69) is 5.32 Å². The molecule has 146 valence electrons. The third-order valence-electron chi connectivity index (χ3n) is 4.19. The summed E-state index contributed by atoms with van der Waals surface area (Å²) in [6, 6.07) is 12.6. The lowest BCUT2D eigenvalue weighted by atomic mass is 10.1. The Hall–Kier alpha value is -1.83. The van der Waals surface area contributed by atoms with Crippen molar-refractivity contribution in [2.45, 2.75) is 37.1 Å². The normalized spacial score (nSPS) is 11.8. The van der Waals surface area contributed by atoms with E-state index in [1.165, 1.54) is 22.1 Å². The Bertz CT molecular complexity index is 907. The van der Waals surface area contributed by atoms with Crippen molar-refractivity contribution in [2.24, 2.45) is 5.92 Å². The van der Waals surface area contributed by atoms with Gasteiger partial charge in [-0.15, -0.1) is 11.8 Å². The van der Waals surface area contributed by atoms with E-state index < -0.39 is 10.0 Å². The van der Waals surface area contributed by atoms with Gasteiger partial charge in [-0.1, -0.05) is 43.7 Å². The van der Waals surface area contributed by atoms with Crippen LogP contribution >= 0.6 is 11.8 Å². The third kappa shape index (κ3) is 5.34. The highest BCUT2D eigenvalue weighted by molar-refractivity contribution is 7.98. The summed E-state index contributed by atoms with van der Waals surface area (Å²) in [5.41, 5.74) is 2.56. The maximum atomic E-state index is 13.0.